The molecule has 7 heteroatoms. The van der Waals surface area contributed by atoms with E-state index in [0.29, 0.717) is 27.9 Å². The van der Waals surface area contributed by atoms with Gasteiger partial charge in [0.05, 0.1) is 11.3 Å². The van der Waals surface area contributed by atoms with Crippen molar-refractivity contribution in [1.29, 1.82) is 0 Å². The Kier molecular flexibility index (Phi) is 7.10. The number of nitrogens with zero attached hydrogens (tertiary/aromatic N) is 2. The van der Waals surface area contributed by atoms with Crippen LogP contribution in [0.4, 0.5) is 4.39 Å². The van der Waals surface area contributed by atoms with Crippen LogP contribution in [0.25, 0.3) is 0 Å². The highest BCUT2D eigenvalue weighted by Crippen LogP contribution is 2.26. The third-order valence-electron chi connectivity index (χ3n) is 4.10. The highest BCUT2D eigenvalue weighted by atomic mass is 35.5. The average molecular weight is 408 g/mol. The normalized spacial score (nSPS) is 10.9. The van der Waals surface area contributed by atoms with E-state index in [2.05, 4.69) is 10.3 Å². The molecule has 1 heterocycles. The SMILES string of the molecule is Fc1cccc(Cl)c1COc1ccc(Cl)cc1CNCCCn1ccnc1. The van der Waals surface area contributed by atoms with Crippen molar-refractivity contribution in [2.24, 2.45) is 0 Å². The number of aromatic nitrogens is 2. The summed E-state index contributed by atoms with van der Waals surface area (Å²) in [7, 11) is 0. The average Bonchev–Trinajstić information content (AvgIpc) is 3.16. The van der Waals surface area contributed by atoms with Crippen molar-refractivity contribution in [2.45, 2.75) is 26.1 Å². The molecular weight excluding hydrogens is 388 g/mol. The summed E-state index contributed by atoms with van der Waals surface area (Å²) in [5.41, 5.74) is 1.26. The fourth-order valence-electron chi connectivity index (χ4n) is 2.68. The number of imidazole rings is 1. The van der Waals surface area contributed by atoms with Crippen LogP contribution in [-0.4, -0.2) is 16.1 Å². The highest BCUT2D eigenvalue weighted by molar-refractivity contribution is 6.31. The monoisotopic (exact) mass is 407 g/mol. The first-order valence-corrected chi connectivity index (χ1v) is 9.39. The van der Waals surface area contributed by atoms with E-state index >= 15 is 0 Å². The molecule has 0 amide bonds. The molecule has 2 aromatic carbocycles. The van der Waals surface area contributed by atoms with Gasteiger partial charge >= 0.3 is 0 Å². The van der Waals surface area contributed by atoms with Crippen molar-refractivity contribution in [3.05, 3.63) is 82.1 Å². The van der Waals surface area contributed by atoms with Gasteiger partial charge in [-0.1, -0.05) is 29.3 Å². The van der Waals surface area contributed by atoms with Crippen molar-refractivity contribution in [2.75, 3.05) is 6.54 Å². The number of aryl methyl sites for hydroxylation is 1. The van der Waals surface area contributed by atoms with Gasteiger partial charge in [0, 0.05) is 41.6 Å². The number of hydrogen-bond donors (Lipinski definition) is 1. The number of benzene rings is 2. The zero-order valence-electron chi connectivity index (χ0n) is 14.7. The third kappa shape index (κ3) is 5.70. The van der Waals surface area contributed by atoms with Crippen LogP contribution in [0.5, 0.6) is 5.75 Å². The molecule has 0 aliphatic carbocycles. The minimum absolute atomic E-state index is 0.0563. The largest absolute Gasteiger partial charge is 0.488 e. The maximum Gasteiger partial charge on any atom is 0.131 e. The Balaban J connectivity index is 1.56. The summed E-state index contributed by atoms with van der Waals surface area (Å²) >= 11 is 12.2. The number of ether oxygens (including phenoxy) is 1. The maximum absolute atomic E-state index is 13.9. The lowest BCUT2D eigenvalue weighted by atomic mass is 10.2. The quantitative estimate of drug-likeness (QED) is 0.502. The summed E-state index contributed by atoms with van der Waals surface area (Å²) in [6.45, 7) is 2.40. The maximum atomic E-state index is 13.9. The van der Waals surface area contributed by atoms with E-state index in [1.54, 1.807) is 36.8 Å². The van der Waals surface area contributed by atoms with Crippen LogP contribution in [0.15, 0.2) is 55.1 Å². The summed E-state index contributed by atoms with van der Waals surface area (Å²) in [4.78, 5) is 4.02. The molecule has 0 bridgehead atoms. The van der Waals surface area contributed by atoms with Gasteiger partial charge in [-0.15, -0.1) is 0 Å². The fourth-order valence-corrected chi connectivity index (χ4v) is 3.09. The molecule has 0 atom stereocenters. The van der Waals surface area contributed by atoms with Crippen molar-refractivity contribution < 1.29 is 9.13 Å². The molecule has 27 heavy (non-hydrogen) atoms. The molecule has 1 N–H and O–H groups in total. The molecule has 0 fully saturated rings. The Morgan fingerprint density at radius 2 is 2.07 bits per heavy atom. The van der Waals surface area contributed by atoms with Gasteiger partial charge in [-0.05, 0) is 43.3 Å². The van der Waals surface area contributed by atoms with Crippen molar-refractivity contribution in [3.63, 3.8) is 0 Å². The smallest absolute Gasteiger partial charge is 0.131 e. The lowest BCUT2D eigenvalue weighted by Crippen LogP contribution is -2.17. The lowest BCUT2D eigenvalue weighted by Gasteiger charge is -2.14. The van der Waals surface area contributed by atoms with E-state index in [1.165, 1.54) is 6.07 Å². The first-order valence-electron chi connectivity index (χ1n) is 8.64. The molecular formula is C20H20Cl2FN3O. The van der Waals surface area contributed by atoms with Crippen LogP contribution in [0.3, 0.4) is 0 Å². The minimum atomic E-state index is -0.379. The Labute approximate surface area is 167 Å². The highest BCUT2D eigenvalue weighted by Gasteiger charge is 2.10. The summed E-state index contributed by atoms with van der Waals surface area (Å²) in [6, 6.07) is 9.98. The standard InChI is InChI=1S/C20H20Cl2FN3O/c21-16-5-6-20(27-13-17-18(22)3-1-4-19(17)23)15(11-16)12-24-7-2-9-26-10-8-25-14-26/h1,3-6,8,10-11,14,24H,2,7,9,12-13H2. The molecule has 3 aromatic rings. The van der Waals surface area contributed by atoms with Gasteiger partial charge in [0.15, 0.2) is 0 Å². The molecule has 0 aliphatic rings. The molecule has 0 saturated heterocycles. The first kappa shape index (κ1) is 19.7. The van der Waals surface area contributed by atoms with Gasteiger partial charge in [-0.2, -0.15) is 0 Å². The number of nitrogens with one attached hydrogen (secondary N) is 1. The Bertz CT molecular complexity index is 851. The van der Waals surface area contributed by atoms with E-state index in [0.717, 1.165) is 25.1 Å². The summed E-state index contributed by atoms with van der Waals surface area (Å²) < 4.78 is 21.8. The van der Waals surface area contributed by atoms with Crippen molar-refractivity contribution in [1.82, 2.24) is 14.9 Å². The second-order valence-corrected chi connectivity index (χ2v) is 6.92. The molecule has 1 aromatic heterocycles. The molecule has 0 spiro atoms. The first-order chi connectivity index (χ1) is 13.1. The summed E-state index contributed by atoms with van der Waals surface area (Å²) in [6.07, 6.45) is 6.48. The predicted octanol–water partition coefficient (Wildman–Crippen LogP) is 5.09. The molecule has 0 saturated carbocycles. The zero-order chi connectivity index (χ0) is 19.1. The molecule has 0 aliphatic heterocycles. The van der Waals surface area contributed by atoms with Crippen molar-refractivity contribution in [3.8, 4) is 5.75 Å². The number of halogens is 3. The second kappa shape index (κ2) is 9.74. The van der Waals surface area contributed by atoms with Crippen molar-refractivity contribution >= 4 is 23.2 Å². The van der Waals surface area contributed by atoms with Gasteiger partial charge in [0.25, 0.3) is 0 Å². The van der Waals surface area contributed by atoms with E-state index < -0.39 is 0 Å². The fraction of sp³-hybridized carbons (Fsp3) is 0.250. The van der Waals surface area contributed by atoms with E-state index in [-0.39, 0.29) is 12.4 Å². The van der Waals surface area contributed by atoms with Crippen LogP contribution in [0.2, 0.25) is 10.0 Å². The lowest BCUT2D eigenvalue weighted by molar-refractivity contribution is 0.296. The third-order valence-corrected chi connectivity index (χ3v) is 4.69. The summed E-state index contributed by atoms with van der Waals surface area (Å²) in [5.74, 6) is 0.275. The van der Waals surface area contributed by atoms with E-state index in [4.69, 9.17) is 27.9 Å². The topological polar surface area (TPSA) is 39.1 Å². The number of rotatable bonds is 9. The van der Waals surface area contributed by atoms with Gasteiger partial charge in [-0.3, -0.25) is 0 Å². The Morgan fingerprint density at radius 3 is 2.85 bits per heavy atom. The van der Waals surface area contributed by atoms with Gasteiger partial charge in [-0.25, -0.2) is 9.37 Å². The second-order valence-electron chi connectivity index (χ2n) is 6.07. The molecule has 0 radical (unpaired) electrons. The van der Waals surface area contributed by atoms with E-state index in [9.17, 15) is 4.39 Å². The van der Waals surface area contributed by atoms with Gasteiger partial charge < -0.3 is 14.6 Å². The van der Waals surface area contributed by atoms with Gasteiger partial charge in [0.1, 0.15) is 18.2 Å². The Morgan fingerprint density at radius 1 is 1.19 bits per heavy atom. The van der Waals surface area contributed by atoms with Crippen LogP contribution >= 0.6 is 23.2 Å². The van der Waals surface area contributed by atoms with Crippen LogP contribution in [0.1, 0.15) is 17.5 Å². The molecule has 3 rings (SSSR count). The van der Waals surface area contributed by atoms with Crippen LogP contribution < -0.4 is 10.1 Å². The molecule has 142 valence electrons. The minimum Gasteiger partial charge on any atom is -0.488 e. The van der Waals surface area contributed by atoms with Gasteiger partial charge in [0.2, 0.25) is 0 Å². The number of hydrogen-bond acceptors (Lipinski definition) is 3. The molecule has 0 unspecified atom stereocenters. The predicted molar refractivity (Wildman–Crippen MR) is 106 cm³/mol. The Hall–Kier alpha value is -2.08. The zero-order valence-corrected chi connectivity index (χ0v) is 16.2. The molecule has 4 nitrogen and oxygen atoms in total. The van der Waals surface area contributed by atoms with Crippen LogP contribution in [-0.2, 0) is 19.7 Å². The van der Waals surface area contributed by atoms with Crippen LogP contribution in [0, 0.1) is 5.82 Å². The van der Waals surface area contributed by atoms with E-state index in [1.807, 2.05) is 16.8 Å². The summed E-state index contributed by atoms with van der Waals surface area (Å²) in [5, 5.41) is 4.36.